The van der Waals surface area contributed by atoms with E-state index in [-0.39, 0.29) is 11.9 Å². The maximum absolute atomic E-state index is 13.4. The third-order valence-corrected chi connectivity index (χ3v) is 4.38. The van der Waals surface area contributed by atoms with Crippen molar-refractivity contribution in [2.24, 2.45) is 5.73 Å². The fourth-order valence-electron chi connectivity index (χ4n) is 2.41. The highest BCUT2D eigenvalue weighted by molar-refractivity contribution is 9.10. The first-order valence-electron chi connectivity index (χ1n) is 7.85. The lowest BCUT2D eigenvalue weighted by Crippen LogP contribution is -2.10. The number of hydrogen-bond donors (Lipinski definition) is 1. The molecule has 0 saturated carbocycles. The Kier molecular flexibility index (Phi) is 9.12. The van der Waals surface area contributed by atoms with E-state index in [1.165, 1.54) is 44.9 Å². The minimum absolute atomic E-state index is 0.0438. The molecule has 0 aliphatic rings. The number of unbranched alkanes of at least 4 members (excludes halogenated alkanes) is 7. The van der Waals surface area contributed by atoms with Gasteiger partial charge in [0.25, 0.3) is 0 Å². The third kappa shape index (κ3) is 6.85. The number of rotatable bonds is 10. The Hall–Kier alpha value is -0.410. The van der Waals surface area contributed by atoms with E-state index in [1.54, 1.807) is 12.1 Å². The summed E-state index contributed by atoms with van der Waals surface area (Å²) in [6.45, 7) is 2.24. The molecule has 20 heavy (non-hydrogen) atoms. The average Bonchev–Trinajstić information content (AvgIpc) is 2.44. The molecule has 0 amide bonds. The predicted octanol–water partition coefficient (Wildman–Crippen LogP) is 6.12. The second-order valence-electron chi connectivity index (χ2n) is 5.54. The van der Waals surface area contributed by atoms with Crippen LogP contribution in [0.1, 0.15) is 76.3 Å². The summed E-state index contributed by atoms with van der Waals surface area (Å²) >= 11 is 3.16. The van der Waals surface area contributed by atoms with Crippen molar-refractivity contribution in [1.82, 2.24) is 0 Å². The monoisotopic (exact) mass is 343 g/mol. The number of halogens is 2. The van der Waals surface area contributed by atoms with E-state index in [1.807, 2.05) is 6.07 Å². The van der Waals surface area contributed by atoms with Gasteiger partial charge in [-0.2, -0.15) is 0 Å². The molecule has 1 rings (SSSR count). The van der Waals surface area contributed by atoms with Crippen LogP contribution in [0.5, 0.6) is 0 Å². The van der Waals surface area contributed by atoms with Gasteiger partial charge in [-0.15, -0.1) is 0 Å². The predicted molar refractivity (Wildman–Crippen MR) is 88.3 cm³/mol. The van der Waals surface area contributed by atoms with E-state index in [4.69, 9.17) is 5.73 Å². The maximum atomic E-state index is 13.4. The van der Waals surface area contributed by atoms with Crippen molar-refractivity contribution < 1.29 is 4.39 Å². The molecule has 0 heterocycles. The fraction of sp³-hybridized carbons (Fsp3) is 0.647. The molecular formula is C17H27BrFN. The Bertz CT molecular complexity index is 381. The van der Waals surface area contributed by atoms with E-state index >= 15 is 0 Å². The second-order valence-corrected chi connectivity index (χ2v) is 6.40. The SMILES string of the molecule is CCCCCCCCCCC(N)c1ccc(Br)c(F)c1. The van der Waals surface area contributed by atoms with Crippen molar-refractivity contribution in [3.63, 3.8) is 0 Å². The number of hydrogen-bond acceptors (Lipinski definition) is 1. The molecular weight excluding hydrogens is 317 g/mol. The van der Waals surface area contributed by atoms with Crippen molar-refractivity contribution in [3.8, 4) is 0 Å². The third-order valence-electron chi connectivity index (χ3n) is 3.74. The van der Waals surface area contributed by atoms with Crippen molar-refractivity contribution in [1.29, 1.82) is 0 Å². The zero-order valence-corrected chi connectivity index (χ0v) is 14.1. The minimum Gasteiger partial charge on any atom is -0.324 e. The first-order chi connectivity index (χ1) is 9.65. The number of benzene rings is 1. The molecule has 0 radical (unpaired) electrons. The molecule has 3 heteroatoms. The van der Waals surface area contributed by atoms with Crippen LogP contribution in [-0.4, -0.2) is 0 Å². The lowest BCUT2D eigenvalue weighted by molar-refractivity contribution is 0.533. The molecule has 1 aromatic rings. The molecule has 1 nitrogen and oxygen atoms in total. The molecule has 0 saturated heterocycles. The van der Waals surface area contributed by atoms with E-state index in [2.05, 4.69) is 22.9 Å². The molecule has 0 aromatic heterocycles. The van der Waals surface area contributed by atoms with Crippen molar-refractivity contribution in [2.45, 2.75) is 70.8 Å². The zero-order valence-electron chi connectivity index (χ0n) is 12.5. The van der Waals surface area contributed by atoms with Gasteiger partial charge in [0, 0.05) is 6.04 Å². The molecule has 114 valence electrons. The highest BCUT2D eigenvalue weighted by Gasteiger charge is 2.08. The van der Waals surface area contributed by atoms with Gasteiger partial charge in [-0.05, 0) is 40.0 Å². The first kappa shape index (κ1) is 17.6. The van der Waals surface area contributed by atoms with Crippen molar-refractivity contribution in [3.05, 3.63) is 34.1 Å². The molecule has 0 spiro atoms. The maximum Gasteiger partial charge on any atom is 0.137 e. The molecule has 1 unspecified atom stereocenters. The number of nitrogens with two attached hydrogens (primary N) is 1. The molecule has 0 bridgehead atoms. The second kappa shape index (κ2) is 10.3. The molecule has 2 N–H and O–H groups in total. The quantitative estimate of drug-likeness (QED) is 0.509. The van der Waals surface area contributed by atoms with Crippen LogP contribution < -0.4 is 5.73 Å². The Morgan fingerprint density at radius 1 is 1.05 bits per heavy atom. The van der Waals surface area contributed by atoms with E-state index in [9.17, 15) is 4.39 Å². The summed E-state index contributed by atoms with van der Waals surface area (Å²) < 4.78 is 13.9. The van der Waals surface area contributed by atoms with Gasteiger partial charge < -0.3 is 5.73 Å². The Morgan fingerprint density at radius 3 is 2.25 bits per heavy atom. The first-order valence-corrected chi connectivity index (χ1v) is 8.65. The Morgan fingerprint density at radius 2 is 1.65 bits per heavy atom. The van der Waals surface area contributed by atoms with Gasteiger partial charge >= 0.3 is 0 Å². The summed E-state index contributed by atoms with van der Waals surface area (Å²) in [7, 11) is 0. The topological polar surface area (TPSA) is 26.0 Å². The lowest BCUT2D eigenvalue weighted by atomic mass is 10.00. The average molecular weight is 344 g/mol. The normalized spacial score (nSPS) is 12.6. The van der Waals surface area contributed by atoms with Gasteiger partial charge in [0.15, 0.2) is 0 Å². The smallest absolute Gasteiger partial charge is 0.137 e. The van der Waals surface area contributed by atoms with Crippen molar-refractivity contribution in [2.75, 3.05) is 0 Å². The molecule has 0 fully saturated rings. The Balaban J connectivity index is 2.13. The largest absolute Gasteiger partial charge is 0.324 e. The summed E-state index contributed by atoms with van der Waals surface area (Å²) in [4.78, 5) is 0. The van der Waals surface area contributed by atoms with Gasteiger partial charge in [0.05, 0.1) is 4.47 Å². The summed E-state index contributed by atoms with van der Waals surface area (Å²) in [5, 5.41) is 0. The molecule has 1 aromatic carbocycles. The van der Waals surface area contributed by atoms with E-state index < -0.39 is 0 Å². The van der Waals surface area contributed by atoms with Crippen LogP contribution in [0.25, 0.3) is 0 Å². The van der Waals surface area contributed by atoms with Crippen LogP contribution in [0, 0.1) is 5.82 Å². The summed E-state index contributed by atoms with van der Waals surface area (Å²) in [6, 6.07) is 5.14. The molecule has 1 atom stereocenters. The summed E-state index contributed by atoms with van der Waals surface area (Å²) in [5.41, 5.74) is 7.01. The highest BCUT2D eigenvalue weighted by atomic mass is 79.9. The summed E-state index contributed by atoms with van der Waals surface area (Å²) in [5.74, 6) is -0.228. The molecule has 0 aliphatic carbocycles. The standard InChI is InChI=1S/C17H27BrFN/c1-2-3-4-5-6-7-8-9-10-17(20)14-11-12-15(18)16(19)13-14/h11-13,17H,2-10,20H2,1H3. The zero-order chi connectivity index (χ0) is 14.8. The lowest BCUT2D eigenvalue weighted by Gasteiger charge is -2.12. The van der Waals surface area contributed by atoms with Gasteiger partial charge in [-0.1, -0.05) is 64.4 Å². The van der Waals surface area contributed by atoms with Gasteiger partial charge in [-0.3, -0.25) is 0 Å². The van der Waals surface area contributed by atoms with Gasteiger partial charge in [-0.25, -0.2) is 4.39 Å². The minimum atomic E-state index is -0.228. The van der Waals surface area contributed by atoms with Crippen LogP contribution >= 0.6 is 15.9 Å². The fourth-order valence-corrected chi connectivity index (χ4v) is 2.65. The van der Waals surface area contributed by atoms with Gasteiger partial charge in [0.1, 0.15) is 5.82 Å². The Labute approximate surface area is 131 Å². The van der Waals surface area contributed by atoms with Crippen molar-refractivity contribution >= 4 is 15.9 Å². The van der Waals surface area contributed by atoms with Crippen LogP contribution in [-0.2, 0) is 0 Å². The summed E-state index contributed by atoms with van der Waals surface area (Å²) in [6.07, 6.45) is 11.3. The van der Waals surface area contributed by atoms with Gasteiger partial charge in [0.2, 0.25) is 0 Å². The van der Waals surface area contributed by atoms with Crippen LogP contribution in [0.4, 0.5) is 4.39 Å². The van der Waals surface area contributed by atoms with Crippen LogP contribution in [0.3, 0.4) is 0 Å². The van der Waals surface area contributed by atoms with Crippen LogP contribution in [0.2, 0.25) is 0 Å². The highest BCUT2D eigenvalue weighted by Crippen LogP contribution is 2.23. The molecule has 0 aliphatic heterocycles. The van der Waals surface area contributed by atoms with E-state index in [0.717, 1.165) is 18.4 Å². The van der Waals surface area contributed by atoms with E-state index in [0.29, 0.717) is 4.47 Å². The van der Waals surface area contributed by atoms with Crippen LogP contribution in [0.15, 0.2) is 22.7 Å².